The zero-order valence-corrected chi connectivity index (χ0v) is 10.8. The molecule has 0 aromatic heterocycles. The van der Waals surface area contributed by atoms with Crippen LogP contribution in [0.3, 0.4) is 0 Å². The highest BCUT2D eigenvalue weighted by Crippen LogP contribution is 2.63. The molecule has 0 aromatic rings. The number of halogens is 1. The Balaban J connectivity index is 2.20. The van der Waals surface area contributed by atoms with E-state index in [9.17, 15) is 0 Å². The smallest absolute Gasteiger partial charge is 0.207 e. The van der Waals surface area contributed by atoms with Crippen LogP contribution in [0, 0.1) is 0 Å². The van der Waals surface area contributed by atoms with Crippen LogP contribution in [0.1, 0.15) is 46.5 Å². The Hall–Kier alpha value is 0.640. The third kappa shape index (κ3) is 1.71. The van der Waals surface area contributed by atoms with Crippen LogP contribution in [-0.4, -0.2) is 22.4 Å². The topological polar surface area (TPSA) is 12.5 Å². The zero-order valence-electron chi connectivity index (χ0n) is 9.16. The molecule has 1 aliphatic heterocycles. The first kappa shape index (κ1) is 11.1. The molecule has 1 aliphatic carbocycles. The molecular weight excluding hydrogens is 217 g/mol. The van der Waals surface area contributed by atoms with Crippen LogP contribution < -0.4 is 0 Å². The second-order valence-electron chi connectivity index (χ2n) is 4.87. The van der Waals surface area contributed by atoms with Crippen molar-refractivity contribution in [2.75, 3.05) is 0 Å². The maximum absolute atomic E-state index is 6.31. The van der Waals surface area contributed by atoms with Gasteiger partial charge < -0.3 is 4.52 Å². The number of nitrogens with zero attached hydrogens (tertiary/aromatic N) is 1. The SMILES string of the molecule is CC(C)N1[C@H]2CCCC[C@]2(C)OP1Cl. The van der Waals surface area contributed by atoms with Crippen LogP contribution in [0.5, 0.6) is 0 Å². The summed E-state index contributed by atoms with van der Waals surface area (Å²) in [6.07, 6.45) is 5.04. The van der Waals surface area contributed by atoms with Gasteiger partial charge in [-0.15, -0.1) is 0 Å². The lowest BCUT2D eigenvalue weighted by Crippen LogP contribution is -2.46. The van der Waals surface area contributed by atoms with E-state index in [1.165, 1.54) is 25.7 Å². The number of rotatable bonds is 1. The Bertz CT molecular complexity index is 226. The van der Waals surface area contributed by atoms with Crippen molar-refractivity contribution in [3.63, 3.8) is 0 Å². The molecule has 0 spiro atoms. The molecule has 0 radical (unpaired) electrons. The third-order valence-electron chi connectivity index (χ3n) is 3.42. The van der Waals surface area contributed by atoms with E-state index in [-0.39, 0.29) is 5.60 Å². The molecule has 1 saturated heterocycles. The normalized spacial score (nSPS) is 44.4. The molecule has 0 N–H and O–H groups in total. The monoisotopic (exact) mass is 235 g/mol. The number of hydrogen-bond acceptors (Lipinski definition) is 2. The summed E-state index contributed by atoms with van der Waals surface area (Å²) >= 11 is 6.31. The summed E-state index contributed by atoms with van der Waals surface area (Å²) in [5.74, 6) is 0. The van der Waals surface area contributed by atoms with Gasteiger partial charge in [-0.2, -0.15) is 0 Å². The van der Waals surface area contributed by atoms with Gasteiger partial charge in [0, 0.05) is 12.1 Å². The van der Waals surface area contributed by atoms with Gasteiger partial charge in [0.1, 0.15) is 0 Å². The quantitative estimate of drug-likeness (QED) is 0.640. The summed E-state index contributed by atoms with van der Waals surface area (Å²) in [5, 5.41) is 0. The predicted molar refractivity (Wildman–Crippen MR) is 61.5 cm³/mol. The van der Waals surface area contributed by atoms with Crippen LogP contribution in [-0.2, 0) is 4.52 Å². The first-order valence-corrected chi connectivity index (χ1v) is 7.59. The molecule has 2 nitrogen and oxygen atoms in total. The fraction of sp³-hybridized carbons (Fsp3) is 1.00. The fourth-order valence-electron chi connectivity index (χ4n) is 2.67. The maximum atomic E-state index is 6.31. The van der Waals surface area contributed by atoms with Crippen LogP contribution in [0.2, 0.25) is 0 Å². The van der Waals surface area contributed by atoms with Gasteiger partial charge in [-0.3, -0.25) is 0 Å². The Morgan fingerprint density at radius 1 is 1.50 bits per heavy atom. The van der Waals surface area contributed by atoms with Gasteiger partial charge in [-0.1, -0.05) is 12.8 Å². The average molecular weight is 236 g/mol. The van der Waals surface area contributed by atoms with Gasteiger partial charge in [0.2, 0.25) is 7.65 Å². The first-order chi connectivity index (χ1) is 6.54. The highest BCUT2D eigenvalue weighted by atomic mass is 35.7. The first-order valence-electron chi connectivity index (χ1n) is 5.48. The van der Waals surface area contributed by atoms with Crippen LogP contribution >= 0.6 is 18.9 Å². The second-order valence-corrected chi connectivity index (χ2v) is 6.83. The van der Waals surface area contributed by atoms with Gasteiger partial charge in [0.25, 0.3) is 0 Å². The second kappa shape index (κ2) is 3.90. The Kier molecular flexibility index (Phi) is 3.10. The molecule has 0 bridgehead atoms. The lowest BCUT2D eigenvalue weighted by atomic mass is 9.81. The summed E-state index contributed by atoms with van der Waals surface area (Å²) < 4.78 is 8.37. The maximum Gasteiger partial charge on any atom is 0.207 e. The van der Waals surface area contributed by atoms with Crippen molar-refractivity contribution in [2.24, 2.45) is 0 Å². The van der Waals surface area contributed by atoms with Crippen molar-refractivity contribution in [1.82, 2.24) is 4.67 Å². The Morgan fingerprint density at radius 2 is 2.21 bits per heavy atom. The molecule has 1 saturated carbocycles. The van der Waals surface area contributed by atoms with E-state index >= 15 is 0 Å². The van der Waals surface area contributed by atoms with Crippen molar-refractivity contribution in [3.8, 4) is 0 Å². The predicted octanol–water partition coefficient (Wildman–Crippen LogP) is 3.89. The van der Waals surface area contributed by atoms with Crippen molar-refractivity contribution in [3.05, 3.63) is 0 Å². The molecule has 0 amide bonds. The van der Waals surface area contributed by atoms with E-state index < -0.39 is 7.65 Å². The minimum atomic E-state index is -0.861. The molecule has 0 aromatic carbocycles. The molecule has 1 unspecified atom stereocenters. The number of fused-ring (bicyclic) bond motifs is 1. The molecule has 2 rings (SSSR count). The summed E-state index contributed by atoms with van der Waals surface area (Å²) in [6.45, 7) is 6.65. The molecule has 1 heterocycles. The van der Waals surface area contributed by atoms with E-state index in [0.717, 1.165) is 0 Å². The number of hydrogen-bond donors (Lipinski definition) is 0. The molecular formula is C10H19ClNOP. The summed E-state index contributed by atoms with van der Waals surface area (Å²) in [5.41, 5.74) is 0.0377. The van der Waals surface area contributed by atoms with Crippen LogP contribution in [0.25, 0.3) is 0 Å². The van der Waals surface area contributed by atoms with E-state index in [4.69, 9.17) is 15.8 Å². The molecule has 2 fully saturated rings. The van der Waals surface area contributed by atoms with Crippen molar-refractivity contribution in [2.45, 2.75) is 64.1 Å². The summed E-state index contributed by atoms with van der Waals surface area (Å²) in [6, 6.07) is 1.06. The van der Waals surface area contributed by atoms with E-state index in [2.05, 4.69) is 25.4 Å². The molecule has 14 heavy (non-hydrogen) atoms. The highest BCUT2D eigenvalue weighted by molar-refractivity contribution is 7.78. The van der Waals surface area contributed by atoms with Crippen LogP contribution in [0.15, 0.2) is 0 Å². The van der Waals surface area contributed by atoms with Crippen molar-refractivity contribution < 1.29 is 4.52 Å². The van der Waals surface area contributed by atoms with Gasteiger partial charge in [0.15, 0.2) is 0 Å². The lowest BCUT2D eigenvalue weighted by Gasteiger charge is -2.37. The third-order valence-corrected chi connectivity index (χ3v) is 5.82. The molecule has 82 valence electrons. The fourth-order valence-corrected chi connectivity index (χ4v) is 5.58. The van der Waals surface area contributed by atoms with Crippen LogP contribution in [0.4, 0.5) is 0 Å². The zero-order chi connectivity index (χ0) is 10.3. The van der Waals surface area contributed by atoms with E-state index in [0.29, 0.717) is 12.1 Å². The van der Waals surface area contributed by atoms with Gasteiger partial charge in [0.05, 0.1) is 5.60 Å². The minimum absolute atomic E-state index is 0.0377. The Morgan fingerprint density at radius 3 is 2.86 bits per heavy atom. The van der Waals surface area contributed by atoms with E-state index in [1.54, 1.807) is 0 Å². The van der Waals surface area contributed by atoms with Crippen molar-refractivity contribution >= 4 is 18.9 Å². The van der Waals surface area contributed by atoms with Gasteiger partial charge >= 0.3 is 0 Å². The molecule has 4 heteroatoms. The summed E-state index contributed by atoms with van der Waals surface area (Å²) in [4.78, 5) is 0. The Labute approximate surface area is 92.6 Å². The van der Waals surface area contributed by atoms with E-state index in [1.807, 2.05) is 0 Å². The molecule has 3 atom stereocenters. The minimum Gasteiger partial charge on any atom is -0.323 e. The summed E-state index contributed by atoms with van der Waals surface area (Å²) in [7, 11) is -0.861. The van der Waals surface area contributed by atoms with Gasteiger partial charge in [-0.05, 0) is 44.9 Å². The van der Waals surface area contributed by atoms with Crippen molar-refractivity contribution in [1.29, 1.82) is 0 Å². The standard InChI is InChI=1S/C10H19ClNOP/c1-8(2)12-9-6-4-5-7-10(9,3)13-14(12)11/h8-9H,4-7H2,1-3H3/t9-,10-,14?/m0/s1. The highest BCUT2D eigenvalue weighted by Gasteiger charge is 2.52. The lowest BCUT2D eigenvalue weighted by molar-refractivity contribution is 0.0397. The average Bonchev–Trinajstić information content (AvgIpc) is 2.34. The molecule has 2 aliphatic rings. The van der Waals surface area contributed by atoms with Gasteiger partial charge in [-0.25, -0.2) is 4.67 Å². The largest absolute Gasteiger partial charge is 0.323 e.